The van der Waals surface area contributed by atoms with Crippen LogP contribution in [0, 0.1) is 5.82 Å². The van der Waals surface area contributed by atoms with Gasteiger partial charge in [-0.3, -0.25) is 0 Å². The molecule has 1 N–H and O–H groups in total. The maximum Gasteiger partial charge on any atom is 0.140 e. The summed E-state index contributed by atoms with van der Waals surface area (Å²) in [5.74, 6) is -0.240. The quantitative estimate of drug-likeness (QED) is 0.782. The normalized spacial score (nSPS) is 11.1. The first kappa shape index (κ1) is 11.9. The molecule has 0 saturated carbocycles. The lowest BCUT2D eigenvalue weighted by Crippen LogP contribution is -1.99. The lowest BCUT2D eigenvalue weighted by Gasteiger charge is -2.04. The third-order valence-corrected chi connectivity index (χ3v) is 3.15. The Bertz CT molecular complexity index is 704. The summed E-state index contributed by atoms with van der Waals surface area (Å²) < 4.78 is 14.9. The number of fused-ring (bicyclic) bond motifs is 1. The molecule has 2 aromatic heterocycles. The third kappa shape index (κ3) is 2.22. The van der Waals surface area contributed by atoms with Crippen molar-refractivity contribution in [2.75, 3.05) is 0 Å². The van der Waals surface area contributed by atoms with Gasteiger partial charge in [-0.05, 0) is 29.8 Å². The van der Waals surface area contributed by atoms with E-state index >= 15 is 0 Å². The van der Waals surface area contributed by atoms with Crippen LogP contribution >= 0.6 is 0 Å². The molecule has 96 valence electrons. The molecule has 1 aromatic carbocycles. The molecule has 3 nitrogen and oxygen atoms in total. The summed E-state index contributed by atoms with van der Waals surface area (Å²) >= 11 is 0. The van der Waals surface area contributed by atoms with Gasteiger partial charge in [0.2, 0.25) is 0 Å². The Morgan fingerprint density at radius 1 is 1.16 bits per heavy atom. The monoisotopic (exact) mass is 256 g/mol. The molecule has 0 aliphatic rings. The van der Waals surface area contributed by atoms with Gasteiger partial charge in [0.05, 0.1) is 6.61 Å². The van der Waals surface area contributed by atoms with Crippen LogP contribution in [0.1, 0.15) is 11.1 Å². The average Bonchev–Trinajstić information content (AvgIpc) is 2.80. The van der Waals surface area contributed by atoms with Crippen LogP contribution in [-0.2, 0) is 13.2 Å². The number of nitrogens with zero attached hydrogens (tertiary/aromatic N) is 2. The molecule has 4 heteroatoms. The third-order valence-electron chi connectivity index (χ3n) is 3.15. The zero-order valence-electron chi connectivity index (χ0n) is 10.3. The van der Waals surface area contributed by atoms with Crippen molar-refractivity contribution in [2.24, 2.45) is 0 Å². The van der Waals surface area contributed by atoms with Crippen LogP contribution in [0.5, 0.6) is 0 Å². The fraction of sp³-hybridized carbons (Fsp3) is 0.133. The molecule has 0 fully saturated rings. The molecule has 0 unspecified atom stereocenters. The molecule has 3 aromatic rings. The van der Waals surface area contributed by atoms with Gasteiger partial charge in [-0.2, -0.15) is 0 Å². The second kappa shape index (κ2) is 4.82. The van der Waals surface area contributed by atoms with Crippen LogP contribution in [0.3, 0.4) is 0 Å². The van der Waals surface area contributed by atoms with Gasteiger partial charge in [0.1, 0.15) is 11.5 Å². The molecule has 0 spiro atoms. The Balaban J connectivity index is 2.03. The van der Waals surface area contributed by atoms with Crippen molar-refractivity contribution in [3.63, 3.8) is 0 Å². The number of halogens is 1. The molecule has 0 radical (unpaired) electrons. The zero-order valence-corrected chi connectivity index (χ0v) is 10.3. The van der Waals surface area contributed by atoms with E-state index in [0.717, 1.165) is 22.2 Å². The fourth-order valence-electron chi connectivity index (χ4n) is 2.23. The number of aliphatic hydroxyl groups excluding tert-OH is 1. The molecule has 0 amide bonds. The van der Waals surface area contributed by atoms with E-state index in [1.165, 1.54) is 12.1 Å². The van der Waals surface area contributed by atoms with Crippen molar-refractivity contribution < 1.29 is 9.50 Å². The Hall–Kier alpha value is -2.20. The van der Waals surface area contributed by atoms with E-state index in [1.54, 1.807) is 18.3 Å². The van der Waals surface area contributed by atoms with Crippen molar-refractivity contribution in [2.45, 2.75) is 13.2 Å². The first-order valence-corrected chi connectivity index (χ1v) is 6.06. The van der Waals surface area contributed by atoms with Crippen molar-refractivity contribution in [1.29, 1.82) is 0 Å². The number of aliphatic hydroxyl groups is 1. The van der Waals surface area contributed by atoms with E-state index in [2.05, 4.69) is 4.98 Å². The van der Waals surface area contributed by atoms with Gasteiger partial charge in [-0.25, -0.2) is 9.37 Å². The summed E-state index contributed by atoms with van der Waals surface area (Å²) in [7, 11) is 0. The Kier molecular flexibility index (Phi) is 3.01. The van der Waals surface area contributed by atoms with Crippen molar-refractivity contribution in [3.05, 3.63) is 65.7 Å². The summed E-state index contributed by atoms with van der Waals surface area (Å²) in [4.78, 5) is 4.34. The van der Waals surface area contributed by atoms with Gasteiger partial charge >= 0.3 is 0 Å². The molecule has 2 heterocycles. The van der Waals surface area contributed by atoms with Gasteiger partial charge in [-0.15, -0.1) is 0 Å². The smallest absolute Gasteiger partial charge is 0.140 e. The average molecular weight is 256 g/mol. The Labute approximate surface area is 109 Å². The van der Waals surface area contributed by atoms with Crippen molar-refractivity contribution >= 4 is 11.0 Å². The molecule has 19 heavy (non-hydrogen) atoms. The van der Waals surface area contributed by atoms with Gasteiger partial charge in [0.15, 0.2) is 0 Å². The Morgan fingerprint density at radius 2 is 1.95 bits per heavy atom. The van der Waals surface area contributed by atoms with E-state index in [0.29, 0.717) is 6.54 Å². The maximum absolute atomic E-state index is 12.9. The maximum atomic E-state index is 12.9. The van der Waals surface area contributed by atoms with Gasteiger partial charge in [0.25, 0.3) is 0 Å². The number of rotatable bonds is 3. The van der Waals surface area contributed by atoms with Crippen LogP contribution in [-0.4, -0.2) is 14.7 Å². The fourth-order valence-corrected chi connectivity index (χ4v) is 2.23. The highest BCUT2D eigenvalue weighted by atomic mass is 19.1. The molecule has 3 rings (SSSR count). The molecular formula is C15H13FN2O. The molecule has 0 aliphatic heterocycles. The minimum absolute atomic E-state index is 0.0153. The van der Waals surface area contributed by atoms with E-state index < -0.39 is 0 Å². The van der Waals surface area contributed by atoms with E-state index in [1.807, 2.05) is 22.9 Å². The lowest BCUT2D eigenvalue weighted by molar-refractivity contribution is 0.283. The highest BCUT2D eigenvalue weighted by Gasteiger charge is 2.08. The molecule has 0 atom stereocenters. The van der Waals surface area contributed by atoms with Crippen LogP contribution < -0.4 is 0 Å². The molecular weight excluding hydrogens is 243 g/mol. The van der Waals surface area contributed by atoms with E-state index in [-0.39, 0.29) is 12.4 Å². The first-order chi connectivity index (χ1) is 9.28. The number of hydrogen-bond acceptors (Lipinski definition) is 2. The Morgan fingerprint density at radius 3 is 2.68 bits per heavy atom. The number of hydrogen-bond donors (Lipinski definition) is 1. The van der Waals surface area contributed by atoms with Gasteiger partial charge in [0, 0.05) is 29.9 Å². The summed E-state index contributed by atoms with van der Waals surface area (Å²) in [5.41, 5.74) is 2.68. The van der Waals surface area contributed by atoms with E-state index in [9.17, 15) is 9.50 Å². The molecule has 0 saturated heterocycles. The largest absolute Gasteiger partial charge is 0.392 e. The van der Waals surface area contributed by atoms with E-state index in [4.69, 9.17) is 0 Å². The minimum atomic E-state index is -0.240. The first-order valence-electron chi connectivity index (χ1n) is 6.06. The standard InChI is InChI=1S/C15H13FN2O/c16-13-5-3-11(4-6-13)8-18-9-12(10-19)14-2-1-7-17-15(14)18/h1-7,9,19H,8,10H2. The summed E-state index contributed by atoms with van der Waals surface area (Å²) in [6.45, 7) is 0.590. The summed E-state index contributed by atoms with van der Waals surface area (Å²) in [6.07, 6.45) is 3.62. The predicted octanol–water partition coefficient (Wildman–Crippen LogP) is 2.72. The summed E-state index contributed by atoms with van der Waals surface area (Å²) in [6, 6.07) is 10.2. The highest BCUT2D eigenvalue weighted by molar-refractivity contribution is 5.80. The van der Waals surface area contributed by atoms with Crippen molar-refractivity contribution in [1.82, 2.24) is 9.55 Å². The highest BCUT2D eigenvalue weighted by Crippen LogP contribution is 2.20. The van der Waals surface area contributed by atoms with Crippen LogP contribution in [0.15, 0.2) is 48.8 Å². The van der Waals surface area contributed by atoms with Gasteiger partial charge < -0.3 is 9.67 Å². The number of aromatic nitrogens is 2. The number of pyridine rings is 1. The summed E-state index contributed by atoms with van der Waals surface area (Å²) in [5, 5.41) is 10.3. The topological polar surface area (TPSA) is 38.0 Å². The SMILES string of the molecule is OCc1cn(Cc2ccc(F)cc2)c2ncccc12. The predicted molar refractivity (Wildman–Crippen MR) is 71.2 cm³/mol. The van der Waals surface area contributed by atoms with Crippen LogP contribution in [0.2, 0.25) is 0 Å². The molecule has 0 aliphatic carbocycles. The van der Waals surface area contributed by atoms with Crippen molar-refractivity contribution in [3.8, 4) is 0 Å². The minimum Gasteiger partial charge on any atom is -0.392 e. The second-order valence-electron chi connectivity index (χ2n) is 4.44. The van der Waals surface area contributed by atoms with Gasteiger partial charge in [-0.1, -0.05) is 12.1 Å². The lowest BCUT2D eigenvalue weighted by atomic mass is 10.2. The van der Waals surface area contributed by atoms with Crippen LogP contribution in [0.25, 0.3) is 11.0 Å². The second-order valence-corrected chi connectivity index (χ2v) is 4.44. The van der Waals surface area contributed by atoms with Crippen LogP contribution in [0.4, 0.5) is 4.39 Å². The zero-order chi connectivity index (χ0) is 13.2. The molecule has 0 bridgehead atoms. The number of benzene rings is 1.